The third kappa shape index (κ3) is 1.55. The highest BCUT2D eigenvalue weighted by Crippen LogP contribution is 2.20. The lowest BCUT2D eigenvalue weighted by molar-refractivity contribution is -0.130. The lowest BCUT2D eigenvalue weighted by atomic mass is 9.99. The molecule has 5 heteroatoms. The Kier molecular flexibility index (Phi) is 2.75. The molecule has 0 bridgehead atoms. The molecule has 1 unspecified atom stereocenters. The predicted octanol–water partition coefficient (Wildman–Crippen LogP) is 0.621. The molecule has 1 aliphatic heterocycles. The molecular formula is C9H13N3O2. The van der Waals surface area contributed by atoms with Gasteiger partial charge in [-0.05, 0) is 13.3 Å². The van der Waals surface area contributed by atoms with Crippen LogP contribution in [0.4, 0.5) is 4.79 Å². The van der Waals surface area contributed by atoms with Gasteiger partial charge in [0.15, 0.2) is 0 Å². The van der Waals surface area contributed by atoms with Crippen molar-refractivity contribution in [2.45, 2.75) is 32.2 Å². The summed E-state index contributed by atoms with van der Waals surface area (Å²) in [7, 11) is 0. The summed E-state index contributed by atoms with van der Waals surface area (Å²) in [6.45, 7) is 3.71. The molecular weight excluding hydrogens is 182 g/mol. The van der Waals surface area contributed by atoms with Gasteiger partial charge >= 0.3 is 6.03 Å². The van der Waals surface area contributed by atoms with Crippen molar-refractivity contribution in [2.75, 3.05) is 6.54 Å². The zero-order valence-corrected chi connectivity index (χ0v) is 8.33. The Morgan fingerprint density at radius 3 is 2.64 bits per heavy atom. The largest absolute Gasteiger partial charge is 0.325 e. The number of urea groups is 1. The van der Waals surface area contributed by atoms with Crippen LogP contribution < -0.4 is 5.32 Å². The second kappa shape index (κ2) is 3.66. The quantitative estimate of drug-likeness (QED) is 0.671. The first-order valence-corrected chi connectivity index (χ1v) is 4.56. The highest BCUT2D eigenvalue weighted by atomic mass is 16.2. The number of hydrogen-bond donors (Lipinski definition) is 1. The number of carbonyl (C=O) groups excluding carboxylic acids is 2. The Balaban J connectivity index is 2.76. The summed E-state index contributed by atoms with van der Waals surface area (Å²) in [5, 5.41) is 11.0. The average molecular weight is 195 g/mol. The molecule has 1 fully saturated rings. The Bertz CT molecular complexity index is 308. The molecule has 0 aliphatic carbocycles. The third-order valence-corrected chi connectivity index (χ3v) is 2.50. The summed E-state index contributed by atoms with van der Waals surface area (Å²) < 4.78 is 0. The van der Waals surface area contributed by atoms with Gasteiger partial charge in [-0.15, -0.1) is 0 Å². The topological polar surface area (TPSA) is 73.2 Å². The number of carbonyl (C=O) groups is 2. The minimum Gasteiger partial charge on any atom is -0.323 e. The molecule has 0 spiro atoms. The molecule has 1 saturated heterocycles. The van der Waals surface area contributed by atoms with Crippen molar-refractivity contribution >= 4 is 11.9 Å². The molecule has 1 heterocycles. The molecule has 1 atom stereocenters. The number of nitriles is 1. The maximum Gasteiger partial charge on any atom is 0.325 e. The van der Waals surface area contributed by atoms with E-state index in [1.807, 2.05) is 13.0 Å². The maximum absolute atomic E-state index is 11.7. The van der Waals surface area contributed by atoms with Crippen LogP contribution in [0.1, 0.15) is 26.7 Å². The van der Waals surface area contributed by atoms with Gasteiger partial charge in [0.05, 0.1) is 12.5 Å². The molecule has 0 aromatic heterocycles. The molecule has 76 valence electrons. The van der Waals surface area contributed by atoms with Gasteiger partial charge in [-0.25, -0.2) is 4.79 Å². The fourth-order valence-corrected chi connectivity index (χ4v) is 1.35. The molecule has 0 saturated carbocycles. The van der Waals surface area contributed by atoms with E-state index < -0.39 is 11.6 Å². The molecule has 1 aliphatic rings. The lowest BCUT2D eigenvalue weighted by Gasteiger charge is -2.18. The van der Waals surface area contributed by atoms with Crippen molar-refractivity contribution in [1.82, 2.24) is 10.2 Å². The van der Waals surface area contributed by atoms with Crippen LogP contribution in [-0.4, -0.2) is 28.9 Å². The SMILES string of the molecule is CCC1(C)NC(=O)N(CCC#N)C1=O. The van der Waals surface area contributed by atoms with Gasteiger partial charge in [-0.1, -0.05) is 6.92 Å². The van der Waals surface area contributed by atoms with E-state index in [2.05, 4.69) is 5.32 Å². The summed E-state index contributed by atoms with van der Waals surface area (Å²) in [6.07, 6.45) is 0.736. The first-order valence-electron chi connectivity index (χ1n) is 4.56. The highest BCUT2D eigenvalue weighted by Gasteiger charge is 2.45. The van der Waals surface area contributed by atoms with E-state index in [-0.39, 0.29) is 18.9 Å². The number of nitrogens with zero attached hydrogens (tertiary/aromatic N) is 2. The zero-order chi connectivity index (χ0) is 10.8. The van der Waals surface area contributed by atoms with Crippen LogP contribution in [-0.2, 0) is 4.79 Å². The van der Waals surface area contributed by atoms with E-state index in [0.29, 0.717) is 6.42 Å². The molecule has 5 nitrogen and oxygen atoms in total. The van der Waals surface area contributed by atoms with Crippen LogP contribution >= 0.6 is 0 Å². The lowest BCUT2D eigenvalue weighted by Crippen LogP contribution is -2.43. The van der Waals surface area contributed by atoms with E-state index in [4.69, 9.17) is 5.26 Å². The van der Waals surface area contributed by atoms with Gasteiger partial charge in [0.2, 0.25) is 0 Å². The van der Waals surface area contributed by atoms with E-state index in [1.54, 1.807) is 6.92 Å². The van der Waals surface area contributed by atoms with Crippen LogP contribution in [0.3, 0.4) is 0 Å². The Morgan fingerprint density at radius 2 is 2.21 bits per heavy atom. The summed E-state index contributed by atoms with van der Waals surface area (Å²) >= 11 is 0. The zero-order valence-electron chi connectivity index (χ0n) is 8.33. The van der Waals surface area contributed by atoms with Crippen molar-refractivity contribution < 1.29 is 9.59 Å². The van der Waals surface area contributed by atoms with Crippen LogP contribution in [0.15, 0.2) is 0 Å². The standard InChI is InChI=1S/C9H13N3O2/c1-3-9(2)7(13)12(6-4-5-10)8(14)11-9/h3-4,6H2,1-2H3,(H,11,14). The normalized spacial score (nSPS) is 26.2. The molecule has 3 amide bonds. The first-order chi connectivity index (χ1) is 6.55. The molecule has 14 heavy (non-hydrogen) atoms. The Labute approximate surface area is 82.7 Å². The number of imide groups is 1. The van der Waals surface area contributed by atoms with Crippen molar-refractivity contribution in [3.8, 4) is 6.07 Å². The number of amides is 3. The Morgan fingerprint density at radius 1 is 1.57 bits per heavy atom. The van der Waals surface area contributed by atoms with E-state index >= 15 is 0 Å². The first kappa shape index (κ1) is 10.5. The molecule has 0 radical (unpaired) electrons. The van der Waals surface area contributed by atoms with Crippen LogP contribution in [0.25, 0.3) is 0 Å². The predicted molar refractivity (Wildman–Crippen MR) is 49.2 cm³/mol. The van der Waals surface area contributed by atoms with Gasteiger partial charge in [0.1, 0.15) is 5.54 Å². The summed E-state index contributed by atoms with van der Waals surface area (Å²) in [5.74, 6) is -0.236. The summed E-state index contributed by atoms with van der Waals surface area (Å²) in [5.41, 5.74) is -0.785. The maximum atomic E-state index is 11.7. The number of nitrogens with one attached hydrogen (secondary N) is 1. The van der Waals surface area contributed by atoms with Crippen molar-refractivity contribution in [2.24, 2.45) is 0 Å². The summed E-state index contributed by atoms with van der Waals surface area (Å²) in [4.78, 5) is 24.2. The van der Waals surface area contributed by atoms with Crippen LogP contribution in [0.5, 0.6) is 0 Å². The number of hydrogen-bond acceptors (Lipinski definition) is 3. The monoisotopic (exact) mass is 195 g/mol. The molecule has 0 aromatic rings. The van der Waals surface area contributed by atoms with Crippen molar-refractivity contribution in [3.63, 3.8) is 0 Å². The van der Waals surface area contributed by atoms with Gasteiger partial charge in [0.25, 0.3) is 5.91 Å². The fraction of sp³-hybridized carbons (Fsp3) is 0.667. The number of rotatable bonds is 3. The highest BCUT2D eigenvalue weighted by molar-refractivity contribution is 6.06. The van der Waals surface area contributed by atoms with Crippen molar-refractivity contribution in [1.29, 1.82) is 5.26 Å². The minimum atomic E-state index is -0.785. The van der Waals surface area contributed by atoms with Gasteiger partial charge in [-0.3, -0.25) is 9.69 Å². The summed E-state index contributed by atoms with van der Waals surface area (Å²) in [6, 6.07) is 1.51. The second-order valence-corrected chi connectivity index (χ2v) is 3.48. The third-order valence-electron chi connectivity index (χ3n) is 2.50. The van der Waals surface area contributed by atoms with Gasteiger partial charge < -0.3 is 5.32 Å². The van der Waals surface area contributed by atoms with Gasteiger partial charge in [0, 0.05) is 6.54 Å². The van der Waals surface area contributed by atoms with E-state index in [0.717, 1.165) is 4.90 Å². The van der Waals surface area contributed by atoms with Crippen LogP contribution in [0.2, 0.25) is 0 Å². The molecule has 0 aromatic carbocycles. The van der Waals surface area contributed by atoms with Crippen LogP contribution in [0, 0.1) is 11.3 Å². The molecule has 1 N–H and O–H groups in total. The van der Waals surface area contributed by atoms with Gasteiger partial charge in [-0.2, -0.15) is 5.26 Å². The average Bonchev–Trinajstić information content (AvgIpc) is 2.37. The second-order valence-electron chi connectivity index (χ2n) is 3.48. The van der Waals surface area contributed by atoms with E-state index in [9.17, 15) is 9.59 Å². The van der Waals surface area contributed by atoms with Crippen molar-refractivity contribution in [3.05, 3.63) is 0 Å². The molecule has 1 rings (SSSR count). The van der Waals surface area contributed by atoms with E-state index in [1.165, 1.54) is 0 Å². The fourth-order valence-electron chi connectivity index (χ4n) is 1.35. The Hall–Kier alpha value is -1.57. The smallest absolute Gasteiger partial charge is 0.323 e. The minimum absolute atomic E-state index is 0.177.